The molecule has 0 bridgehead atoms. The Kier molecular flexibility index (Phi) is 6.09. The molecule has 0 radical (unpaired) electrons. The molecule has 0 aromatic heterocycles. The third-order valence-corrected chi connectivity index (χ3v) is 10.00. The second-order valence-electron chi connectivity index (χ2n) is 11.8. The zero-order chi connectivity index (χ0) is 22.6. The van der Waals surface area contributed by atoms with Gasteiger partial charge in [0.2, 0.25) is 0 Å². The molecule has 4 aliphatic rings. The second kappa shape index (κ2) is 8.24. The van der Waals surface area contributed by atoms with E-state index in [9.17, 15) is 9.59 Å². The first-order valence-electron chi connectivity index (χ1n) is 12.6. The van der Waals surface area contributed by atoms with Crippen molar-refractivity contribution < 1.29 is 9.59 Å². The number of Topliss-reactive ketones (excluding diaryl/α,β-unsaturated/α-hetero) is 2. The summed E-state index contributed by atoms with van der Waals surface area (Å²) in [6.07, 6.45) is 11.6. The van der Waals surface area contributed by atoms with E-state index in [0.717, 1.165) is 43.2 Å². The van der Waals surface area contributed by atoms with Crippen LogP contribution < -0.4 is 5.73 Å². The van der Waals surface area contributed by atoms with E-state index in [1.165, 1.54) is 25.7 Å². The molecule has 172 valence electrons. The van der Waals surface area contributed by atoms with Crippen LogP contribution in [0.2, 0.25) is 0 Å². The van der Waals surface area contributed by atoms with Crippen LogP contribution in [0.15, 0.2) is 16.6 Å². The van der Waals surface area contributed by atoms with Crippen LogP contribution in [0.1, 0.15) is 86.0 Å². The quantitative estimate of drug-likeness (QED) is 0.661. The molecule has 0 aliphatic heterocycles. The lowest BCUT2D eigenvalue weighted by molar-refractivity contribution is -0.127. The molecule has 2 N–H and O–H groups in total. The van der Waals surface area contributed by atoms with Crippen LogP contribution in [0.25, 0.3) is 0 Å². The van der Waals surface area contributed by atoms with Crippen molar-refractivity contribution in [2.75, 3.05) is 6.54 Å². The average molecular weight is 427 g/mol. The molecular formula is C27H42N2O2. The van der Waals surface area contributed by atoms with Crippen LogP contribution in [-0.4, -0.2) is 29.9 Å². The molecule has 4 aliphatic carbocycles. The lowest BCUT2D eigenvalue weighted by Gasteiger charge is -2.58. The number of fused-ring (bicyclic) bond motifs is 5. The predicted octanol–water partition coefficient (Wildman–Crippen LogP) is 5.15. The van der Waals surface area contributed by atoms with Crippen molar-refractivity contribution in [1.29, 1.82) is 0 Å². The van der Waals surface area contributed by atoms with Crippen molar-refractivity contribution in [1.82, 2.24) is 0 Å². The Balaban J connectivity index is 1.51. The third kappa shape index (κ3) is 3.77. The van der Waals surface area contributed by atoms with Crippen molar-refractivity contribution in [2.45, 2.75) is 92.0 Å². The lowest BCUT2D eigenvalue weighted by atomic mass is 9.46. The van der Waals surface area contributed by atoms with Crippen molar-refractivity contribution in [3.8, 4) is 0 Å². The van der Waals surface area contributed by atoms with E-state index in [1.807, 2.05) is 20.8 Å². The smallest absolute Gasteiger partial charge is 0.171 e. The largest absolute Gasteiger partial charge is 0.321 e. The summed E-state index contributed by atoms with van der Waals surface area (Å²) in [5.74, 6) is 3.10. The molecule has 0 heterocycles. The third-order valence-electron chi connectivity index (χ3n) is 10.00. The summed E-state index contributed by atoms with van der Waals surface area (Å²) in [4.78, 5) is 29.3. The van der Waals surface area contributed by atoms with E-state index >= 15 is 0 Å². The highest BCUT2D eigenvalue weighted by molar-refractivity contribution is 5.98. The fraction of sp³-hybridized carbons (Fsp3) is 0.815. The maximum atomic E-state index is 12.3. The molecule has 4 nitrogen and oxygen atoms in total. The van der Waals surface area contributed by atoms with E-state index in [0.29, 0.717) is 11.7 Å². The van der Waals surface area contributed by atoms with Gasteiger partial charge in [0, 0.05) is 11.6 Å². The van der Waals surface area contributed by atoms with Gasteiger partial charge in [0.15, 0.2) is 5.78 Å². The van der Waals surface area contributed by atoms with E-state index in [-0.39, 0.29) is 35.0 Å². The predicted molar refractivity (Wildman–Crippen MR) is 126 cm³/mol. The van der Waals surface area contributed by atoms with Gasteiger partial charge >= 0.3 is 0 Å². The Morgan fingerprint density at radius 2 is 1.84 bits per heavy atom. The average Bonchev–Trinajstić information content (AvgIpc) is 3.08. The van der Waals surface area contributed by atoms with Gasteiger partial charge in [-0.3, -0.25) is 14.6 Å². The molecule has 0 spiro atoms. The van der Waals surface area contributed by atoms with Gasteiger partial charge in [0.1, 0.15) is 5.78 Å². The monoisotopic (exact) mass is 426 g/mol. The number of rotatable bonds is 5. The summed E-state index contributed by atoms with van der Waals surface area (Å²) in [6, 6.07) is -0.414. The fourth-order valence-corrected chi connectivity index (χ4v) is 8.02. The van der Waals surface area contributed by atoms with Crippen molar-refractivity contribution in [3.63, 3.8) is 0 Å². The topological polar surface area (TPSA) is 72.5 Å². The highest BCUT2D eigenvalue weighted by Gasteiger charge is 2.59. The number of carbonyl (C=O) groups excluding carboxylic acids is 2. The number of hydrogen-bond acceptors (Lipinski definition) is 4. The van der Waals surface area contributed by atoms with Gasteiger partial charge in [-0.2, -0.15) is 0 Å². The van der Waals surface area contributed by atoms with Crippen molar-refractivity contribution >= 4 is 17.3 Å². The first-order valence-corrected chi connectivity index (χ1v) is 12.6. The molecule has 0 aromatic carbocycles. The minimum Gasteiger partial charge on any atom is -0.321 e. The van der Waals surface area contributed by atoms with Crippen molar-refractivity contribution in [3.05, 3.63) is 11.6 Å². The summed E-state index contributed by atoms with van der Waals surface area (Å²) < 4.78 is 0. The second-order valence-corrected chi connectivity index (χ2v) is 11.8. The zero-order valence-electron chi connectivity index (χ0n) is 20.2. The lowest BCUT2D eigenvalue weighted by Crippen LogP contribution is -2.51. The molecular weight excluding hydrogens is 384 g/mol. The summed E-state index contributed by atoms with van der Waals surface area (Å²) in [5, 5.41) is 0. The molecule has 0 amide bonds. The SMILES string of the molecule is CC(=O)[C@H]1CC[C@H]2[C@@H]3CCC4=CC(=NCC(=O)[C@@H](N)C(C)C)CC[C@]4(C)[C@H]3CC[C@]12C. The van der Waals surface area contributed by atoms with Crippen LogP contribution in [-0.2, 0) is 9.59 Å². The van der Waals surface area contributed by atoms with Gasteiger partial charge in [-0.1, -0.05) is 33.3 Å². The highest BCUT2D eigenvalue weighted by Crippen LogP contribution is 2.66. The Labute approximate surface area is 188 Å². The molecule has 3 saturated carbocycles. The Morgan fingerprint density at radius 1 is 1.10 bits per heavy atom. The number of nitrogens with zero attached hydrogens (tertiary/aromatic N) is 1. The molecule has 0 aromatic rings. The molecule has 31 heavy (non-hydrogen) atoms. The summed E-state index contributed by atoms with van der Waals surface area (Å²) in [6.45, 7) is 10.9. The Hall–Kier alpha value is -1.29. The molecule has 4 heteroatoms. The summed E-state index contributed by atoms with van der Waals surface area (Å²) in [7, 11) is 0. The van der Waals surface area contributed by atoms with Crippen molar-refractivity contribution in [2.24, 2.45) is 51.1 Å². The maximum absolute atomic E-state index is 12.3. The highest BCUT2D eigenvalue weighted by atomic mass is 16.1. The number of allylic oxidation sites excluding steroid dienone is 2. The molecule has 0 saturated heterocycles. The molecule has 3 fully saturated rings. The van der Waals surface area contributed by atoms with Gasteiger partial charge in [-0.25, -0.2) is 0 Å². The molecule has 4 rings (SSSR count). The van der Waals surface area contributed by atoms with Crippen LogP contribution in [0.4, 0.5) is 0 Å². The summed E-state index contributed by atoms with van der Waals surface area (Å²) >= 11 is 0. The van der Waals surface area contributed by atoms with E-state index in [2.05, 4.69) is 24.9 Å². The number of aliphatic imine (C=N–C) groups is 1. The number of hydrogen-bond donors (Lipinski definition) is 1. The normalized spacial score (nSPS) is 41.9. The van der Waals surface area contributed by atoms with Crippen LogP contribution in [0.5, 0.6) is 0 Å². The van der Waals surface area contributed by atoms with E-state index in [1.54, 1.807) is 5.57 Å². The van der Waals surface area contributed by atoms with Crippen LogP contribution in [0.3, 0.4) is 0 Å². The molecule has 0 unspecified atom stereocenters. The molecule has 7 atom stereocenters. The first kappa shape index (κ1) is 22.9. The van der Waals surface area contributed by atoms with Gasteiger partial charge < -0.3 is 5.73 Å². The fourth-order valence-electron chi connectivity index (χ4n) is 8.02. The number of nitrogens with two attached hydrogens (primary N) is 1. The number of ketones is 2. The Morgan fingerprint density at radius 3 is 2.52 bits per heavy atom. The standard InChI is InChI=1S/C27H42N2O2/c1-16(2)25(28)24(31)15-29-19-10-12-26(4)18(14-19)6-7-20-22-9-8-21(17(3)30)27(22,5)13-11-23(20)26/h14,16,20-23,25H,6-13,15,28H2,1-5H3/t20-,21+,22-,23-,25-,26-,27+/m0/s1. The summed E-state index contributed by atoms with van der Waals surface area (Å²) in [5.41, 5.74) is 9.14. The van der Waals surface area contributed by atoms with Crippen LogP contribution in [0, 0.1) is 40.4 Å². The first-order chi connectivity index (χ1) is 14.6. The van der Waals surface area contributed by atoms with Crippen LogP contribution >= 0.6 is 0 Å². The number of carbonyl (C=O) groups is 2. The van der Waals surface area contributed by atoms with Gasteiger partial charge in [-0.05, 0) is 98.9 Å². The minimum atomic E-state index is -0.414. The van der Waals surface area contributed by atoms with E-state index in [4.69, 9.17) is 5.73 Å². The maximum Gasteiger partial charge on any atom is 0.171 e. The van der Waals surface area contributed by atoms with Gasteiger partial charge in [-0.15, -0.1) is 0 Å². The minimum absolute atomic E-state index is 0.0470. The Bertz CT molecular complexity index is 812. The van der Waals surface area contributed by atoms with Gasteiger partial charge in [0.25, 0.3) is 0 Å². The van der Waals surface area contributed by atoms with E-state index < -0.39 is 6.04 Å². The van der Waals surface area contributed by atoms with Gasteiger partial charge in [0.05, 0.1) is 12.6 Å². The zero-order valence-corrected chi connectivity index (χ0v) is 20.2.